The maximum atomic E-state index is 14.3. The summed E-state index contributed by atoms with van der Waals surface area (Å²) < 4.78 is 238. The number of hydrogen-bond donors (Lipinski definition) is 0. The number of rotatable bonds is 11. The summed E-state index contributed by atoms with van der Waals surface area (Å²) in [4.78, 5) is 0. The van der Waals surface area contributed by atoms with Crippen LogP contribution in [-0.2, 0) is 13.3 Å². The normalized spacial score (nSPS) is 16.4. The van der Waals surface area contributed by atoms with Crippen LogP contribution >= 0.6 is 0 Å². The van der Waals surface area contributed by atoms with E-state index in [1.165, 1.54) is 0 Å². The topological polar surface area (TPSA) is 27.7 Å². The molecule has 21 heteroatoms. The van der Waals surface area contributed by atoms with Crippen molar-refractivity contribution in [2.24, 2.45) is 0 Å². The predicted molar refractivity (Wildman–Crippen MR) is 76.4 cm³/mol. The van der Waals surface area contributed by atoms with E-state index in [9.17, 15) is 74.6 Å². The van der Waals surface area contributed by atoms with E-state index in [-0.39, 0.29) is 20.5 Å². The first-order chi connectivity index (χ1) is 14.7. The highest BCUT2D eigenvalue weighted by Gasteiger charge is 2.97. The van der Waals surface area contributed by atoms with Gasteiger partial charge in [-0.1, -0.05) is 6.08 Å². The van der Waals surface area contributed by atoms with Crippen LogP contribution in [0.25, 0.3) is 0 Å². The maximum Gasteiger partial charge on any atom is 0.646 e. The Bertz CT molecular complexity index is 741. The first-order valence-corrected chi connectivity index (χ1v) is 9.51. The van der Waals surface area contributed by atoms with E-state index in [4.69, 9.17) is 0 Å². The Balaban J connectivity index is 7.05. The molecule has 34 heavy (non-hydrogen) atoms. The summed E-state index contributed by atoms with van der Waals surface area (Å²) in [5.74, 6) is -50.6. The summed E-state index contributed by atoms with van der Waals surface area (Å²) in [6.07, 6.45) is -7.24. The molecule has 0 aliphatic rings. The molecule has 0 atom stereocenters. The molecular weight excluding hydrogens is 555 g/mol. The van der Waals surface area contributed by atoms with Gasteiger partial charge in [-0.25, -0.2) is 0 Å². The van der Waals surface area contributed by atoms with E-state index in [0.717, 1.165) is 6.92 Å². The molecule has 0 aromatic rings. The fourth-order valence-electron chi connectivity index (χ4n) is 2.02. The van der Waals surface area contributed by atoms with E-state index < -0.39 is 56.1 Å². The molecule has 0 radical (unpaired) electrons. The second-order valence-corrected chi connectivity index (χ2v) is 8.86. The van der Waals surface area contributed by atoms with Crippen molar-refractivity contribution >= 4 is 8.80 Å². The zero-order valence-corrected chi connectivity index (χ0v) is 17.3. The summed E-state index contributed by atoms with van der Waals surface area (Å²) in [6, 6.07) is 0. The lowest BCUT2D eigenvalue weighted by Gasteiger charge is -2.44. The molecule has 0 spiro atoms. The van der Waals surface area contributed by atoms with Crippen molar-refractivity contribution in [1.29, 1.82) is 0 Å². The molecular formula is C13H11F17O3Si. The number of allylic oxidation sites excluding steroid dienone is 1. The Hall–Kier alpha value is -1.51. The van der Waals surface area contributed by atoms with Crippen molar-refractivity contribution in [3.63, 3.8) is 0 Å². The van der Waals surface area contributed by atoms with Crippen LogP contribution in [0.2, 0.25) is 0 Å². The highest BCUT2D eigenvalue weighted by atomic mass is 28.4. The molecule has 0 aliphatic carbocycles. The van der Waals surface area contributed by atoms with Crippen LogP contribution in [0.1, 0.15) is 6.92 Å². The molecule has 0 saturated carbocycles. The van der Waals surface area contributed by atoms with E-state index in [2.05, 4.69) is 13.3 Å². The van der Waals surface area contributed by atoms with Crippen LogP contribution in [0.4, 0.5) is 74.6 Å². The lowest BCUT2D eigenvalue weighted by Crippen LogP contribution is -2.78. The average Bonchev–Trinajstić information content (AvgIpc) is 2.67. The second-order valence-electron chi connectivity index (χ2n) is 6.07. The first kappa shape index (κ1) is 32.5. The first-order valence-electron chi connectivity index (χ1n) is 7.79. The van der Waals surface area contributed by atoms with Gasteiger partial charge in [-0.2, -0.15) is 74.6 Å². The van der Waals surface area contributed by atoms with Crippen LogP contribution in [0.5, 0.6) is 0 Å². The summed E-state index contributed by atoms with van der Waals surface area (Å²) in [6.45, 7) is 0.910. The summed E-state index contributed by atoms with van der Waals surface area (Å²) >= 11 is 0. The monoisotopic (exact) mass is 566 g/mol. The number of halogens is 17. The van der Waals surface area contributed by atoms with Crippen molar-refractivity contribution in [3.05, 3.63) is 12.3 Å². The quantitative estimate of drug-likeness (QED) is 0.167. The minimum absolute atomic E-state index is 0.00780. The zero-order valence-electron chi connectivity index (χ0n) is 16.3. The van der Waals surface area contributed by atoms with E-state index in [1.807, 2.05) is 0 Å². The molecule has 3 nitrogen and oxygen atoms in total. The SMILES string of the molecule is CC=CO[Si](OC)(OC)C(F)(F)C(F)(F)C(F)(F)C(F)(F)C(F)(F)C(F)(F)C(F)(F)C(F)(F)F. The van der Waals surface area contributed by atoms with Crippen LogP contribution in [0, 0.1) is 0 Å². The van der Waals surface area contributed by atoms with Gasteiger partial charge in [-0.15, -0.1) is 0 Å². The highest BCUT2D eigenvalue weighted by molar-refractivity contribution is 6.64. The molecule has 0 fully saturated rings. The predicted octanol–water partition coefficient (Wildman–Crippen LogP) is 6.32. The van der Waals surface area contributed by atoms with Gasteiger partial charge in [0.15, 0.2) is 0 Å². The summed E-state index contributed by atoms with van der Waals surface area (Å²) in [5.41, 5.74) is -6.92. The zero-order chi connectivity index (χ0) is 28.0. The molecule has 0 rings (SSSR count). The minimum atomic E-state index is -8.71. The molecule has 0 saturated heterocycles. The lowest BCUT2D eigenvalue weighted by atomic mass is 9.91. The molecule has 0 heterocycles. The molecule has 0 aliphatic heterocycles. The van der Waals surface area contributed by atoms with Crippen molar-refractivity contribution < 1.29 is 87.9 Å². The van der Waals surface area contributed by atoms with Gasteiger partial charge in [0, 0.05) is 14.2 Å². The third kappa shape index (κ3) is 3.99. The van der Waals surface area contributed by atoms with Crippen LogP contribution < -0.4 is 0 Å². The average molecular weight is 566 g/mol. The fourth-order valence-corrected chi connectivity index (χ4v) is 3.90. The molecule has 0 unspecified atom stereocenters. The minimum Gasteiger partial charge on any atom is -0.504 e. The number of hydrogen-bond acceptors (Lipinski definition) is 3. The Morgan fingerprint density at radius 1 is 0.500 bits per heavy atom. The Labute approximate surface area is 178 Å². The molecule has 0 amide bonds. The molecule has 0 aromatic carbocycles. The maximum absolute atomic E-state index is 14.3. The van der Waals surface area contributed by atoms with Gasteiger partial charge < -0.3 is 13.3 Å². The molecule has 0 bridgehead atoms. The molecule has 0 aromatic heterocycles. The number of alkyl halides is 17. The highest BCUT2D eigenvalue weighted by Crippen LogP contribution is 2.64. The van der Waals surface area contributed by atoms with Crippen LogP contribution in [0.15, 0.2) is 12.3 Å². The van der Waals surface area contributed by atoms with Crippen molar-refractivity contribution in [2.45, 2.75) is 54.2 Å². The third-order valence-corrected chi connectivity index (χ3v) is 6.61. The van der Waals surface area contributed by atoms with E-state index in [1.54, 1.807) is 0 Å². The third-order valence-electron chi connectivity index (χ3n) is 4.00. The molecule has 0 N–H and O–H groups in total. The lowest BCUT2D eigenvalue weighted by molar-refractivity contribution is -0.459. The van der Waals surface area contributed by atoms with E-state index >= 15 is 0 Å². The summed E-state index contributed by atoms with van der Waals surface area (Å²) in [7, 11) is -6.75. The van der Waals surface area contributed by atoms with Gasteiger partial charge in [0.05, 0.1) is 6.26 Å². The van der Waals surface area contributed by atoms with Gasteiger partial charge in [-0.05, 0) is 6.92 Å². The Morgan fingerprint density at radius 3 is 1.06 bits per heavy atom. The van der Waals surface area contributed by atoms with Crippen molar-refractivity contribution in [1.82, 2.24) is 0 Å². The largest absolute Gasteiger partial charge is 0.646 e. The Kier molecular flexibility index (Phi) is 8.46. The van der Waals surface area contributed by atoms with Gasteiger partial charge >= 0.3 is 56.1 Å². The van der Waals surface area contributed by atoms with E-state index in [0.29, 0.717) is 6.08 Å². The van der Waals surface area contributed by atoms with Crippen molar-refractivity contribution in [2.75, 3.05) is 14.2 Å². The Morgan fingerprint density at radius 2 is 0.794 bits per heavy atom. The fraction of sp³-hybridized carbons (Fsp3) is 0.846. The van der Waals surface area contributed by atoms with Gasteiger partial charge in [0.2, 0.25) is 0 Å². The second kappa shape index (κ2) is 8.86. The van der Waals surface area contributed by atoms with Gasteiger partial charge in [0.1, 0.15) is 0 Å². The van der Waals surface area contributed by atoms with Crippen LogP contribution in [0.3, 0.4) is 0 Å². The molecule has 204 valence electrons. The van der Waals surface area contributed by atoms with Crippen molar-refractivity contribution in [3.8, 4) is 0 Å². The smallest absolute Gasteiger partial charge is 0.504 e. The standard InChI is InChI=1S/C13H11F17O3Si/c1-4-5-33-34(31-2,32-3)13(29,30)11(24,25)9(20,21)7(16,17)6(14,15)8(18,19)10(22,23)12(26,27)28/h4-5H,1-3H3. The summed E-state index contributed by atoms with van der Waals surface area (Å²) in [5, 5.41) is 0. The van der Waals surface area contributed by atoms with Crippen LogP contribution in [-0.4, -0.2) is 70.3 Å². The van der Waals surface area contributed by atoms with Gasteiger partial charge in [-0.3, -0.25) is 0 Å². The van der Waals surface area contributed by atoms with Gasteiger partial charge in [0.25, 0.3) is 0 Å².